The van der Waals surface area contributed by atoms with Crippen LogP contribution in [0.5, 0.6) is 0 Å². The first-order chi connectivity index (χ1) is 10.8. The van der Waals surface area contributed by atoms with Crippen LogP contribution in [-0.2, 0) is 6.54 Å². The number of nitrogens with one attached hydrogen (secondary N) is 3. The van der Waals surface area contributed by atoms with E-state index in [-0.39, 0.29) is 6.03 Å². The first kappa shape index (κ1) is 12.9. The average Bonchev–Trinajstić information content (AvgIpc) is 3.08. The van der Waals surface area contributed by atoms with E-state index in [0.717, 1.165) is 35.5 Å². The van der Waals surface area contributed by atoms with Gasteiger partial charge in [0.05, 0.1) is 12.2 Å². The predicted octanol–water partition coefficient (Wildman–Crippen LogP) is 2.75. The number of aromatic nitrogens is 3. The number of benzene rings is 1. The van der Waals surface area contributed by atoms with Crippen LogP contribution in [0.25, 0.3) is 11.1 Å². The molecule has 7 nitrogen and oxygen atoms in total. The summed E-state index contributed by atoms with van der Waals surface area (Å²) in [7, 11) is 0. The van der Waals surface area contributed by atoms with Crippen LogP contribution in [0.3, 0.4) is 0 Å². The summed E-state index contributed by atoms with van der Waals surface area (Å²) >= 11 is 0. The molecular weight excluding hydrogens is 282 g/mol. The number of H-pyrrole nitrogens is 1. The molecule has 0 aliphatic heterocycles. The number of amides is 2. The molecule has 1 aliphatic rings. The number of nitrogens with zero attached hydrogens (tertiary/aromatic N) is 2. The molecule has 0 spiro atoms. The van der Waals surface area contributed by atoms with E-state index in [1.807, 2.05) is 12.1 Å². The summed E-state index contributed by atoms with van der Waals surface area (Å²) in [6.07, 6.45) is 3.94. The van der Waals surface area contributed by atoms with Crippen LogP contribution in [0.2, 0.25) is 0 Å². The molecule has 0 bridgehead atoms. The van der Waals surface area contributed by atoms with Crippen molar-refractivity contribution in [3.63, 3.8) is 0 Å². The molecule has 3 N–H and O–H groups in total. The van der Waals surface area contributed by atoms with Gasteiger partial charge in [-0.1, -0.05) is 0 Å². The lowest BCUT2D eigenvalue weighted by atomic mass is 10.3. The molecule has 4 rings (SSSR count). The van der Waals surface area contributed by atoms with Crippen molar-refractivity contribution in [1.82, 2.24) is 20.5 Å². The Morgan fingerprint density at radius 1 is 1.36 bits per heavy atom. The highest BCUT2D eigenvalue weighted by molar-refractivity contribution is 5.91. The molecule has 0 atom stereocenters. The molecule has 1 fully saturated rings. The van der Waals surface area contributed by atoms with Gasteiger partial charge in [0.2, 0.25) is 0 Å². The predicted molar refractivity (Wildman–Crippen MR) is 80.4 cm³/mol. The van der Waals surface area contributed by atoms with Crippen molar-refractivity contribution in [1.29, 1.82) is 0 Å². The van der Waals surface area contributed by atoms with Crippen molar-refractivity contribution >= 4 is 22.8 Å². The fraction of sp³-hybridized carbons (Fsp3) is 0.267. The Bertz CT molecular complexity index is 805. The molecule has 112 valence electrons. The minimum Gasteiger partial charge on any atom is -0.440 e. The summed E-state index contributed by atoms with van der Waals surface area (Å²) in [5.74, 6) is 1.28. The molecule has 0 unspecified atom stereocenters. The lowest BCUT2D eigenvalue weighted by Crippen LogP contribution is -2.28. The number of anilines is 1. The Hall–Kier alpha value is -2.83. The third kappa shape index (κ3) is 2.65. The molecule has 0 saturated heterocycles. The van der Waals surface area contributed by atoms with Gasteiger partial charge in [-0.05, 0) is 37.1 Å². The van der Waals surface area contributed by atoms with Gasteiger partial charge in [-0.2, -0.15) is 5.10 Å². The zero-order valence-corrected chi connectivity index (χ0v) is 11.8. The van der Waals surface area contributed by atoms with Gasteiger partial charge in [0, 0.05) is 17.8 Å². The summed E-state index contributed by atoms with van der Waals surface area (Å²) in [6, 6.07) is 6.99. The molecule has 2 aromatic heterocycles. The van der Waals surface area contributed by atoms with Crippen molar-refractivity contribution in [3.05, 3.63) is 42.0 Å². The van der Waals surface area contributed by atoms with Gasteiger partial charge in [-0.3, -0.25) is 5.10 Å². The molecule has 22 heavy (non-hydrogen) atoms. The summed E-state index contributed by atoms with van der Waals surface area (Å²) in [5.41, 5.74) is 3.06. The second-order valence-corrected chi connectivity index (χ2v) is 5.40. The van der Waals surface area contributed by atoms with Crippen molar-refractivity contribution in [2.45, 2.75) is 25.3 Å². The van der Waals surface area contributed by atoms with Crippen molar-refractivity contribution in [3.8, 4) is 0 Å². The zero-order chi connectivity index (χ0) is 14.9. The van der Waals surface area contributed by atoms with Crippen LogP contribution in [0, 0.1) is 0 Å². The number of carbonyl (C=O) groups excluding carboxylic acids is 1. The van der Waals surface area contributed by atoms with E-state index in [1.165, 1.54) is 0 Å². The van der Waals surface area contributed by atoms with Crippen LogP contribution in [0.4, 0.5) is 10.5 Å². The number of oxazole rings is 1. The maximum atomic E-state index is 11.9. The lowest BCUT2D eigenvalue weighted by Gasteiger charge is -2.06. The monoisotopic (exact) mass is 297 g/mol. The molecule has 2 amide bonds. The highest BCUT2D eigenvalue weighted by atomic mass is 16.3. The highest BCUT2D eigenvalue weighted by Crippen LogP contribution is 2.40. The SMILES string of the molecule is O=C(NCc1ccn[nH]1)Nc1ccc2oc(C3CC3)nc2c1. The van der Waals surface area contributed by atoms with Gasteiger partial charge in [0.15, 0.2) is 11.5 Å². The van der Waals surface area contributed by atoms with Crippen LogP contribution >= 0.6 is 0 Å². The van der Waals surface area contributed by atoms with Crippen molar-refractivity contribution < 1.29 is 9.21 Å². The Labute approximate surface area is 126 Å². The second-order valence-electron chi connectivity index (χ2n) is 5.40. The molecule has 3 aromatic rings. The molecule has 1 saturated carbocycles. The standard InChI is InChI=1S/C15H15N5O2/c21-15(16-8-11-5-6-17-20-11)18-10-3-4-13-12(7-10)19-14(22-13)9-1-2-9/h3-7,9H,1-2,8H2,(H,17,20)(H2,16,18,21). The summed E-state index contributed by atoms with van der Waals surface area (Å²) in [5, 5.41) is 12.1. The van der Waals surface area contributed by atoms with E-state index in [0.29, 0.717) is 18.2 Å². The first-order valence-electron chi connectivity index (χ1n) is 7.21. The molecule has 0 radical (unpaired) electrons. The number of hydrogen-bond acceptors (Lipinski definition) is 4. The van der Waals surface area contributed by atoms with E-state index in [1.54, 1.807) is 18.3 Å². The first-order valence-corrected chi connectivity index (χ1v) is 7.21. The Kier molecular flexibility index (Phi) is 3.03. The van der Waals surface area contributed by atoms with Gasteiger partial charge in [-0.25, -0.2) is 9.78 Å². The van der Waals surface area contributed by atoms with E-state index in [4.69, 9.17) is 4.42 Å². The molecule has 1 aliphatic carbocycles. The van der Waals surface area contributed by atoms with Crippen LogP contribution in [0.15, 0.2) is 34.9 Å². The number of urea groups is 1. The Morgan fingerprint density at radius 3 is 3.05 bits per heavy atom. The van der Waals surface area contributed by atoms with Crippen molar-refractivity contribution in [2.75, 3.05) is 5.32 Å². The number of carbonyl (C=O) groups is 1. The van der Waals surface area contributed by atoms with Gasteiger partial charge < -0.3 is 15.1 Å². The highest BCUT2D eigenvalue weighted by Gasteiger charge is 2.28. The third-order valence-corrected chi connectivity index (χ3v) is 3.59. The lowest BCUT2D eigenvalue weighted by molar-refractivity contribution is 0.251. The molecule has 1 aromatic carbocycles. The summed E-state index contributed by atoms with van der Waals surface area (Å²) in [4.78, 5) is 16.3. The van der Waals surface area contributed by atoms with E-state index in [2.05, 4.69) is 25.8 Å². The fourth-order valence-corrected chi connectivity index (χ4v) is 2.26. The largest absolute Gasteiger partial charge is 0.440 e. The topological polar surface area (TPSA) is 95.8 Å². The summed E-state index contributed by atoms with van der Waals surface area (Å²) in [6.45, 7) is 0.393. The van der Waals surface area contributed by atoms with E-state index >= 15 is 0 Å². The van der Waals surface area contributed by atoms with Gasteiger partial charge >= 0.3 is 6.03 Å². The van der Waals surface area contributed by atoms with Crippen LogP contribution in [-0.4, -0.2) is 21.2 Å². The van der Waals surface area contributed by atoms with E-state index in [9.17, 15) is 4.79 Å². The minimum atomic E-state index is -0.278. The Morgan fingerprint density at radius 2 is 2.27 bits per heavy atom. The number of rotatable bonds is 4. The van der Waals surface area contributed by atoms with E-state index < -0.39 is 0 Å². The normalized spacial score (nSPS) is 14.2. The van der Waals surface area contributed by atoms with Gasteiger partial charge in [0.1, 0.15) is 5.52 Å². The van der Waals surface area contributed by atoms with Gasteiger partial charge in [0.25, 0.3) is 0 Å². The fourth-order valence-electron chi connectivity index (χ4n) is 2.26. The quantitative estimate of drug-likeness (QED) is 0.690. The second kappa shape index (κ2) is 5.18. The molecule has 2 heterocycles. The number of hydrogen-bond donors (Lipinski definition) is 3. The number of fused-ring (bicyclic) bond motifs is 1. The maximum absolute atomic E-state index is 11.9. The van der Waals surface area contributed by atoms with Crippen LogP contribution < -0.4 is 10.6 Å². The van der Waals surface area contributed by atoms with Crippen molar-refractivity contribution in [2.24, 2.45) is 0 Å². The molecule has 7 heteroatoms. The average molecular weight is 297 g/mol. The number of aromatic amines is 1. The van der Waals surface area contributed by atoms with Gasteiger partial charge in [-0.15, -0.1) is 0 Å². The Balaban J connectivity index is 1.43. The van der Waals surface area contributed by atoms with Crippen LogP contribution in [0.1, 0.15) is 30.3 Å². The smallest absolute Gasteiger partial charge is 0.319 e. The summed E-state index contributed by atoms with van der Waals surface area (Å²) < 4.78 is 5.70. The third-order valence-electron chi connectivity index (χ3n) is 3.59. The minimum absolute atomic E-state index is 0.278. The molecular formula is C15H15N5O2. The zero-order valence-electron chi connectivity index (χ0n) is 11.8. The maximum Gasteiger partial charge on any atom is 0.319 e.